The lowest BCUT2D eigenvalue weighted by atomic mass is 10.1. The molecule has 1 atom stereocenters. The molecule has 0 saturated carbocycles. The lowest BCUT2D eigenvalue weighted by Gasteiger charge is -2.21. The van der Waals surface area contributed by atoms with Crippen LogP contribution < -0.4 is 4.90 Å². The molecular weight excluding hydrogens is 179 g/mol. The molecule has 0 amide bonds. The Morgan fingerprint density at radius 2 is 2.36 bits per heavy atom. The molecule has 1 unspecified atom stereocenters. The van der Waals surface area contributed by atoms with Gasteiger partial charge >= 0.3 is 0 Å². The fourth-order valence-electron chi connectivity index (χ4n) is 1.85. The Labute approximate surface area is 82.6 Å². The van der Waals surface area contributed by atoms with Crippen LogP contribution in [0.4, 0.5) is 10.1 Å². The third kappa shape index (κ3) is 1.33. The van der Waals surface area contributed by atoms with Crippen molar-refractivity contribution in [1.29, 1.82) is 5.26 Å². The minimum atomic E-state index is -0.235. The van der Waals surface area contributed by atoms with Crippen molar-refractivity contribution in [2.75, 3.05) is 11.4 Å². The molecule has 0 aromatic heterocycles. The monoisotopic (exact) mass is 190 g/mol. The van der Waals surface area contributed by atoms with E-state index in [0.29, 0.717) is 0 Å². The molecule has 1 aromatic carbocycles. The zero-order valence-electron chi connectivity index (χ0n) is 8.00. The molecule has 3 heteroatoms. The molecular formula is C11H11FN2. The maximum absolute atomic E-state index is 13.0. The molecule has 2 nitrogen and oxygen atoms in total. The van der Waals surface area contributed by atoms with E-state index in [-0.39, 0.29) is 11.9 Å². The van der Waals surface area contributed by atoms with E-state index >= 15 is 0 Å². The highest BCUT2D eigenvalue weighted by Gasteiger charge is 2.23. The van der Waals surface area contributed by atoms with E-state index in [9.17, 15) is 4.39 Å². The lowest BCUT2D eigenvalue weighted by molar-refractivity contribution is 0.627. The van der Waals surface area contributed by atoms with Gasteiger partial charge in [0, 0.05) is 12.2 Å². The highest BCUT2D eigenvalue weighted by Crippen LogP contribution is 2.29. The quantitative estimate of drug-likeness (QED) is 0.678. The summed E-state index contributed by atoms with van der Waals surface area (Å²) < 4.78 is 13.0. The van der Waals surface area contributed by atoms with E-state index in [0.717, 1.165) is 24.2 Å². The lowest BCUT2D eigenvalue weighted by Crippen LogP contribution is -2.29. The number of nitriles is 1. The second-order valence-electron chi connectivity index (χ2n) is 3.52. The van der Waals surface area contributed by atoms with Crippen LogP contribution in [0.25, 0.3) is 0 Å². The predicted molar refractivity (Wildman–Crippen MR) is 52.5 cm³/mol. The average Bonchev–Trinajstić information content (AvgIpc) is 2.59. The Balaban J connectivity index is 2.39. The number of rotatable bonds is 1. The molecule has 2 rings (SSSR count). The zero-order valence-corrected chi connectivity index (χ0v) is 8.00. The van der Waals surface area contributed by atoms with Gasteiger partial charge in [-0.2, -0.15) is 5.26 Å². The van der Waals surface area contributed by atoms with E-state index in [2.05, 4.69) is 6.07 Å². The third-order valence-corrected chi connectivity index (χ3v) is 2.63. The molecule has 0 fully saturated rings. The minimum Gasteiger partial charge on any atom is -0.355 e. The van der Waals surface area contributed by atoms with Crippen molar-refractivity contribution in [3.63, 3.8) is 0 Å². The first kappa shape index (κ1) is 9.01. The van der Waals surface area contributed by atoms with Gasteiger partial charge in [-0.1, -0.05) is 6.07 Å². The van der Waals surface area contributed by atoms with Gasteiger partial charge in [0.1, 0.15) is 11.9 Å². The van der Waals surface area contributed by atoms with Crippen LogP contribution >= 0.6 is 0 Å². The van der Waals surface area contributed by atoms with Crippen molar-refractivity contribution in [3.05, 3.63) is 29.6 Å². The van der Waals surface area contributed by atoms with Gasteiger partial charge in [0.05, 0.1) is 6.07 Å². The SMILES string of the molecule is CC(C#N)N1CCc2ccc(F)cc21. The van der Waals surface area contributed by atoms with Crippen molar-refractivity contribution in [3.8, 4) is 6.07 Å². The van der Waals surface area contributed by atoms with Gasteiger partial charge in [0.2, 0.25) is 0 Å². The van der Waals surface area contributed by atoms with E-state index in [1.807, 2.05) is 11.8 Å². The first-order valence-electron chi connectivity index (χ1n) is 4.67. The largest absolute Gasteiger partial charge is 0.355 e. The van der Waals surface area contributed by atoms with Crippen molar-refractivity contribution >= 4 is 5.69 Å². The van der Waals surface area contributed by atoms with Crippen LogP contribution in [0.3, 0.4) is 0 Å². The minimum absolute atomic E-state index is 0.182. The topological polar surface area (TPSA) is 27.0 Å². The van der Waals surface area contributed by atoms with Crippen LogP contribution in [-0.2, 0) is 6.42 Å². The number of hydrogen-bond donors (Lipinski definition) is 0. The summed E-state index contributed by atoms with van der Waals surface area (Å²) in [5.41, 5.74) is 2.01. The van der Waals surface area contributed by atoms with Crippen LogP contribution in [-0.4, -0.2) is 12.6 Å². The maximum atomic E-state index is 13.0. The molecule has 0 spiro atoms. The molecule has 1 aliphatic heterocycles. The summed E-state index contributed by atoms with van der Waals surface area (Å²) in [6.07, 6.45) is 0.904. The smallest absolute Gasteiger partial charge is 0.125 e. The summed E-state index contributed by atoms with van der Waals surface area (Å²) in [7, 11) is 0. The summed E-state index contributed by atoms with van der Waals surface area (Å²) in [6, 6.07) is 6.77. The van der Waals surface area contributed by atoms with Gasteiger partial charge in [0.15, 0.2) is 0 Å². The Hall–Kier alpha value is -1.56. The number of fused-ring (bicyclic) bond motifs is 1. The van der Waals surface area contributed by atoms with E-state index in [1.54, 1.807) is 6.07 Å². The molecule has 0 radical (unpaired) electrons. The molecule has 1 heterocycles. The summed E-state index contributed by atoms with van der Waals surface area (Å²) >= 11 is 0. The molecule has 72 valence electrons. The maximum Gasteiger partial charge on any atom is 0.125 e. The Morgan fingerprint density at radius 3 is 3.07 bits per heavy atom. The molecule has 0 aliphatic carbocycles. The number of anilines is 1. The Kier molecular flexibility index (Phi) is 2.12. The molecule has 1 aromatic rings. The van der Waals surface area contributed by atoms with Gasteiger partial charge in [-0.3, -0.25) is 0 Å². The van der Waals surface area contributed by atoms with E-state index < -0.39 is 0 Å². The molecule has 0 N–H and O–H groups in total. The van der Waals surface area contributed by atoms with Gasteiger partial charge in [-0.25, -0.2) is 4.39 Å². The first-order chi connectivity index (χ1) is 6.72. The van der Waals surface area contributed by atoms with Gasteiger partial charge in [0.25, 0.3) is 0 Å². The second kappa shape index (κ2) is 3.30. The fourth-order valence-corrected chi connectivity index (χ4v) is 1.85. The Bertz CT molecular complexity index is 395. The summed E-state index contributed by atoms with van der Waals surface area (Å²) in [5.74, 6) is -0.235. The number of halogens is 1. The highest BCUT2D eigenvalue weighted by molar-refractivity contribution is 5.59. The zero-order chi connectivity index (χ0) is 10.1. The van der Waals surface area contributed by atoms with Crippen molar-refractivity contribution in [2.24, 2.45) is 0 Å². The first-order valence-corrected chi connectivity index (χ1v) is 4.67. The summed E-state index contributed by atoms with van der Waals surface area (Å²) in [4.78, 5) is 1.94. The van der Waals surface area contributed by atoms with Crippen LogP contribution in [0.2, 0.25) is 0 Å². The normalized spacial score (nSPS) is 16.2. The fraction of sp³-hybridized carbons (Fsp3) is 0.364. The Morgan fingerprint density at radius 1 is 1.57 bits per heavy atom. The molecule has 14 heavy (non-hydrogen) atoms. The van der Waals surface area contributed by atoms with Gasteiger partial charge in [-0.15, -0.1) is 0 Å². The van der Waals surface area contributed by atoms with E-state index in [4.69, 9.17) is 5.26 Å². The number of hydrogen-bond acceptors (Lipinski definition) is 2. The number of nitrogens with zero attached hydrogens (tertiary/aromatic N) is 2. The molecule has 0 bridgehead atoms. The van der Waals surface area contributed by atoms with Crippen LogP contribution in [0.5, 0.6) is 0 Å². The third-order valence-electron chi connectivity index (χ3n) is 2.63. The average molecular weight is 190 g/mol. The molecule has 1 aliphatic rings. The predicted octanol–water partition coefficient (Wildman–Crippen LogP) is 2.10. The van der Waals surface area contributed by atoms with E-state index in [1.165, 1.54) is 12.1 Å². The standard InChI is InChI=1S/C11H11FN2/c1-8(7-13)14-5-4-9-2-3-10(12)6-11(9)14/h2-3,6,8H,4-5H2,1H3. The van der Waals surface area contributed by atoms with Crippen molar-refractivity contribution in [1.82, 2.24) is 0 Å². The summed E-state index contributed by atoms with van der Waals surface area (Å²) in [5, 5.41) is 8.80. The van der Waals surface area contributed by atoms with Crippen molar-refractivity contribution < 1.29 is 4.39 Å². The van der Waals surface area contributed by atoms with Crippen LogP contribution in [0.15, 0.2) is 18.2 Å². The van der Waals surface area contributed by atoms with Crippen LogP contribution in [0.1, 0.15) is 12.5 Å². The molecule has 0 saturated heterocycles. The van der Waals surface area contributed by atoms with Crippen LogP contribution in [0, 0.1) is 17.1 Å². The summed E-state index contributed by atoms with van der Waals surface area (Å²) in [6.45, 7) is 2.65. The second-order valence-corrected chi connectivity index (χ2v) is 3.52. The number of benzene rings is 1. The van der Waals surface area contributed by atoms with Gasteiger partial charge < -0.3 is 4.90 Å². The van der Waals surface area contributed by atoms with Gasteiger partial charge in [-0.05, 0) is 31.0 Å². The van der Waals surface area contributed by atoms with Crippen molar-refractivity contribution in [2.45, 2.75) is 19.4 Å². The highest BCUT2D eigenvalue weighted by atomic mass is 19.1.